The molecule has 1 aliphatic rings. The number of anilines is 1. The summed E-state index contributed by atoms with van der Waals surface area (Å²) >= 11 is 3.45. The van der Waals surface area contributed by atoms with Crippen LogP contribution in [-0.2, 0) is 13.1 Å². The van der Waals surface area contributed by atoms with Gasteiger partial charge in [0.25, 0.3) is 0 Å². The molecule has 0 aromatic heterocycles. The van der Waals surface area contributed by atoms with Gasteiger partial charge >= 0.3 is 0 Å². The molecule has 0 unspecified atom stereocenters. The van der Waals surface area contributed by atoms with Crippen LogP contribution < -0.4 is 10.2 Å². The second kappa shape index (κ2) is 5.94. The Morgan fingerprint density at radius 3 is 2.90 bits per heavy atom. The average molecular weight is 335 g/mol. The molecule has 2 nitrogen and oxygen atoms in total. The van der Waals surface area contributed by atoms with E-state index in [9.17, 15) is 4.39 Å². The Kier molecular flexibility index (Phi) is 4.03. The first-order valence-electron chi connectivity index (χ1n) is 6.71. The molecule has 0 spiro atoms. The number of nitrogens with zero attached hydrogens (tertiary/aromatic N) is 1. The molecule has 104 valence electrons. The van der Waals surface area contributed by atoms with E-state index in [0.29, 0.717) is 0 Å². The van der Waals surface area contributed by atoms with Crippen molar-refractivity contribution in [3.05, 3.63) is 63.9 Å². The Bertz CT molecular complexity index is 615. The van der Waals surface area contributed by atoms with E-state index in [2.05, 4.69) is 50.4 Å². The zero-order valence-electron chi connectivity index (χ0n) is 11.1. The molecule has 1 aliphatic heterocycles. The van der Waals surface area contributed by atoms with Gasteiger partial charge in [-0.25, -0.2) is 4.39 Å². The van der Waals surface area contributed by atoms with Gasteiger partial charge in [-0.2, -0.15) is 0 Å². The van der Waals surface area contributed by atoms with E-state index in [4.69, 9.17) is 0 Å². The van der Waals surface area contributed by atoms with Gasteiger partial charge in [0.1, 0.15) is 5.82 Å². The highest BCUT2D eigenvalue weighted by atomic mass is 79.9. The standard InChI is InChI=1S/C16H16BrFN2/c17-15-9-14(18)6-5-13(15)11-20-8-7-19-10-12-3-1-2-4-16(12)20/h1-6,9,19H,7-8,10-11H2. The molecule has 1 heterocycles. The van der Waals surface area contributed by atoms with Crippen molar-refractivity contribution in [1.82, 2.24) is 5.32 Å². The fraction of sp³-hybridized carbons (Fsp3) is 0.250. The van der Waals surface area contributed by atoms with Crippen LogP contribution in [0.5, 0.6) is 0 Å². The van der Waals surface area contributed by atoms with Crippen molar-refractivity contribution in [2.24, 2.45) is 0 Å². The predicted molar refractivity (Wildman–Crippen MR) is 83.3 cm³/mol. The summed E-state index contributed by atoms with van der Waals surface area (Å²) in [7, 11) is 0. The zero-order valence-corrected chi connectivity index (χ0v) is 12.7. The van der Waals surface area contributed by atoms with Gasteiger partial charge in [0, 0.05) is 36.3 Å². The van der Waals surface area contributed by atoms with Crippen LogP contribution in [0, 0.1) is 5.82 Å². The van der Waals surface area contributed by atoms with E-state index >= 15 is 0 Å². The summed E-state index contributed by atoms with van der Waals surface area (Å²) in [6, 6.07) is 13.3. The summed E-state index contributed by atoms with van der Waals surface area (Å²) in [4.78, 5) is 2.34. The van der Waals surface area contributed by atoms with Crippen LogP contribution in [0.1, 0.15) is 11.1 Å². The summed E-state index contributed by atoms with van der Waals surface area (Å²) in [6.45, 7) is 3.57. The molecular formula is C16H16BrFN2. The Morgan fingerprint density at radius 2 is 2.05 bits per heavy atom. The van der Waals surface area contributed by atoms with Crippen LogP contribution in [0.2, 0.25) is 0 Å². The van der Waals surface area contributed by atoms with Crippen LogP contribution >= 0.6 is 15.9 Å². The van der Waals surface area contributed by atoms with E-state index in [0.717, 1.165) is 36.2 Å². The number of hydrogen-bond acceptors (Lipinski definition) is 2. The van der Waals surface area contributed by atoms with Crippen molar-refractivity contribution in [3.8, 4) is 0 Å². The van der Waals surface area contributed by atoms with Gasteiger partial charge < -0.3 is 10.2 Å². The normalized spacial score (nSPS) is 14.8. The van der Waals surface area contributed by atoms with Crippen molar-refractivity contribution in [1.29, 1.82) is 0 Å². The van der Waals surface area contributed by atoms with E-state index in [-0.39, 0.29) is 5.82 Å². The lowest BCUT2D eigenvalue weighted by molar-refractivity contribution is 0.625. The van der Waals surface area contributed by atoms with Crippen molar-refractivity contribution in [2.75, 3.05) is 18.0 Å². The average Bonchev–Trinajstić information content (AvgIpc) is 2.65. The van der Waals surface area contributed by atoms with Gasteiger partial charge in [0.05, 0.1) is 0 Å². The second-order valence-electron chi connectivity index (χ2n) is 4.96. The van der Waals surface area contributed by atoms with Gasteiger partial charge in [0.15, 0.2) is 0 Å². The van der Waals surface area contributed by atoms with Gasteiger partial charge in [0.2, 0.25) is 0 Å². The van der Waals surface area contributed by atoms with Gasteiger partial charge in [-0.3, -0.25) is 0 Å². The SMILES string of the molecule is Fc1ccc(CN2CCNCc3ccccc32)c(Br)c1. The van der Waals surface area contributed by atoms with E-state index in [1.54, 1.807) is 0 Å². The molecule has 0 fully saturated rings. The number of benzene rings is 2. The van der Waals surface area contributed by atoms with E-state index in [1.807, 2.05) is 6.07 Å². The van der Waals surface area contributed by atoms with Crippen molar-refractivity contribution < 1.29 is 4.39 Å². The predicted octanol–water partition coefficient (Wildman–Crippen LogP) is 3.70. The first-order valence-corrected chi connectivity index (χ1v) is 7.51. The quantitative estimate of drug-likeness (QED) is 0.900. The van der Waals surface area contributed by atoms with Crippen LogP contribution in [0.3, 0.4) is 0 Å². The second-order valence-corrected chi connectivity index (χ2v) is 5.82. The topological polar surface area (TPSA) is 15.3 Å². The van der Waals surface area contributed by atoms with Gasteiger partial charge in [-0.15, -0.1) is 0 Å². The molecule has 0 amide bonds. The lowest BCUT2D eigenvalue weighted by Crippen LogP contribution is -2.28. The molecular weight excluding hydrogens is 319 g/mol. The summed E-state index contributed by atoms with van der Waals surface area (Å²) in [6.07, 6.45) is 0. The third kappa shape index (κ3) is 2.86. The Morgan fingerprint density at radius 1 is 1.20 bits per heavy atom. The van der Waals surface area contributed by atoms with Crippen LogP contribution in [0.15, 0.2) is 46.9 Å². The highest BCUT2D eigenvalue weighted by molar-refractivity contribution is 9.10. The Hall–Kier alpha value is -1.39. The van der Waals surface area contributed by atoms with Crippen LogP contribution in [-0.4, -0.2) is 13.1 Å². The monoisotopic (exact) mass is 334 g/mol. The molecule has 0 saturated carbocycles. The van der Waals surface area contributed by atoms with Crippen molar-refractivity contribution in [2.45, 2.75) is 13.1 Å². The third-order valence-corrected chi connectivity index (χ3v) is 4.32. The lowest BCUT2D eigenvalue weighted by Gasteiger charge is -2.25. The molecule has 4 heteroatoms. The van der Waals surface area contributed by atoms with E-state index < -0.39 is 0 Å². The molecule has 0 radical (unpaired) electrons. The summed E-state index contributed by atoms with van der Waals surface area (Å²) in [5.41, 5.74) is 3.67. The molecule has 3 rings (SSSR count). The summed E-state index contributed by atoms with van der Waals surface area (Å²) in [5.74, 6) is -0.210. The van der Waals surface area contributed by atoms with Gasteiger partial charge in [-0.05, 0) is 29.3 Å². The maximum absolute atomic E-state index is 13.2. The van der Waals surface area contributed by atoms with Crippen molar-refractivity contribution >= 4 is 21.6 Å². The van der Waals surface area contributed by atoms with Crippen LogP contribution in [0.4, 0.5) is 10.1 Å². The Labute approximate surface area is 126 Å². The number of rotatable bonds is 2. The minimum atomic E-state index is -0.210. The lowest BCUT2D eigenvalue weighted by atomic mass is 10.1. The minimum Gasteiger partial charge on any atom is -0.366 e. The first-order chi connectivity index (χ1) is 9.74. The highest BCUT2D eigenvalue weighted by Crippen LogP contribution is 2.26. The minimum absolute atomic E-state index is 0.210. The Balaban J connectivity index is 1.90. The maximum atomic E-state index is 13.2. The highest BCUT2D eigenvalue weighted by Gasteiger charge is 2.15. The molecule has 0 atom stereocenters. The molecule has 0 aliphatic carbocycles. The fourth-order valence-electron chi connectivity index (χ4n) is 2.55. The molecule has 2 aromatic carbocycles. The van der Waals surface area contributed by atoms with Crippen LogP contribution in [0.25, 0.3) is 0 Å². The maximum Gasteiger partial charge on any atom is 0.124 e. The molecule has 0 bridgehead atoms. The number of nitrogens with one attached hydrogen (secondary N) is 1. The third-order valence-electron chi connectivity index (χ3n) is 3.58. The molecule has 0 saturated heterocycles. The summed E-state index contributed by atoms with van der Waals surface area (Å²) < 4.78 is 14.0. The molecule has 20 heavy (non-hydrogen) atoms. The number of para-hydroxylation sites is 1. The zero-order chi connectivity index (χ0) is 13.9. The molecule has 2 aromatic rings. The molecule has 1 N–H and O–H groups in total. The number of fused-ring (bicyclic) bond motifs is 1. The summed E-state index contributed by atoms with van der Waals surface area (Å²) in [5, 5.41) is 3.43. The van der Waals surface area contributed by atoms with Gasteiger partial charge in [-0.1, -0.05) is 40.2 Å². The smallest absolute Gasteiger partial charge is 0.124 e. The number of hydrogen-bond donors (Lipinski definition) is 1. The first kappa shape index (κ1) is 13.6. The number of halogens is 2. The largest absolute Gasteiger partial charge is 0.366 e. The van der Waals surface area contributed by atoms with Crippen molar-refractivity contribution in [3.63, 3.8) is 0 Å². The van der Waals surface area contributed by atoms with E-state index in [1.165, 1.54) is 23.4 Å². The fourth-order valence-corrected chi connectivity index (χ4v) is 3.02.